The van der Waals surface area contributed by atoms with Gasteiger partial charge in [-0.2, -0.15) is 13.2 Å². The number of ketones is 1. The number of unbranched alkanes of at least 4 members (excludes halogenated alkanes) is 1. The summed E-state index contributed by atoms with van der Waals surface area (Å²) in [5.74, 6) is 0.114. The van der Waals surface area contributed by atoms with E-state index in [0.29, 0.717) is 12.8 Å². The molecule has 0 aliphatic carbocycles. The fourth-order valence-electron chi connectivity index (χ4n) is 2.06. The Morgan fingerprint density at radius 3 is 2.27 bits per heavy atom. The normalized spacial score (nSPS) is 11.6. The zero-order chi connectivity index (χ0) is 16.2. The quantitative estimate of drug-likeness (QED) is 0.428. The Hall–Kier alpha value is -1.14. The first-order chi connectivity index (χ1) is 10.4. The minimum atomic E-state index is -4.29. The smallest absolute Gasteiger partial charge is 0.293 e. The molecule has 0 N–H and O–H groups in total. The highest BCUT2D eigenvalue weighted by molar-refractivity contribution is 9.11. The van der Waals surface area contributed by atoms with E-state index in [2.05, 4.69) is 15.9 Å². The van der Waals surface area contributed by atoms with E-state index in [9.17, 15) is 18.0 Å². The second-order valence-corrected chi connectivity index (χ2v) is 7.39. The van der Waals surface area contributed by atoms with Crippen molar-refractivity contribution in [3.05, 3.63) is 56.2 Å². The molecule has 0 radical (unpaired) electrons. The second kappa shape index (κ2) is 7.42. The van der Waals surface area contributed by atoms with E-state index in [1.807, 2.05) is 6.07 Å². The van der Waals surface area contributed by atoms with Crippen molar-refractivity contribution in [3.63, 3.8) is 0 Å². The van der Waals surface area contributed by atoms with Crippen LogP contribution in [0.4, 0.5) is 13.2 Å². The standard InChI is InChI=1S/C16H14BrF3OS/c17-15-10-9-14(22-15)13(21)4-2-1-3-11-5-7-12(8-6-11)16(18,19)20/h5-10H,1-4H2. The van der Waals surface area contributed by atoms with Crippen molar-refractivity contribution in [1.82, 2.24) is 0 Å². The molecule has 2 rings (SSSR count). The van der Waals surface area contributed by atoms with E-state index in [0.717, 1.165) is 39.2 Å². The van der Waals surface area contributed by atoms with Crippen LogP contribution in [0.25, 0.3) is 0 Å². The van der Waals surface area contributed by atoms with E-state index in [4.69, 9.17) is 0 Å². The Balaban J connectivity index is 1.76. The summed E-state index contributed by atoms with van der Waals surface area (Å²) in [6.07, 6.45) is -1.63. The zero-order valence-corrected chi connectivity index (χ0v) is 14.0. The highest BCUT2D eigenvalue weighted by Gasteiger charge is 2.29. The van der Waals surface area contributed by atoms with Gasteiger partial charge in [-0.25, -0.2) is 0 Å². The molecule has 0 atom stereocenters. The number of aryl methyl sites for hydroxylation is 1. The van der Waals surface area contributed by atoms with Gasteiger partial charge in [0.15, 0.2) is 5.78 Å². The number of rotatable bonds is 6. The maximum absolute atomic E-state index is 12.4. The average molecular weight is 391 g/mol. The lowest BCUT2D eigenvalue weighted by molar-refractivity contribution is -0.137. The van der Waals surface area contributed by atoms with Crippen molar-refractivity contribution in [2.75, 3.05) is 0 Å². The largest absolute Gasteiger partial charge is 0.416 e. The van der Waals surface area contributed by atoms with Gasteiger partial charge >= 0.3 is 6.18 Å². The molecule has 1 heterocycles. The van der Waals surface area contributed by atoms with Crippen LogP contribution >= 0.6 is 27.3 Å². The number of thiophene rings is 1. The first-order valence-electron chi connectivity index (χ1n) is 6.81. The maximum atomic E-state index is 12.4. The highest BCUT2D eigenvalue weighted by atomic mass is 79.9. The monoisotopic (exact) mass is 390 g/mol. The number of halogens is 4. The van der Waals surface area contributed by atoms with Crippen LogP contribution in [0.15, 0.2) is 40.2 Å². The van der Waals surface area contributed by atoms with Crippen LogP contribution < -0.4 is 0 Å². The molecule has 0 saturated heterocycles. The third kappa shape index (κ3) is 4.95. The lowest BCUT2D eigenvalue weighted by Crippen LogP contribution is -2.04. The molecule has 2 aromatic rings. The van der Waals surface area contributed by atoms with Crippen molar-refractivity contribution in [1.29, 1.82) is 0 Å². The molecule has 0 fully saturated rings. The van der Waals surface area contributed by atoms with Gasteiger partial charge in [-0.05, 0) is 65.0 Å². The summed E-state index contributed by atoms with van der Waals surface area (Å²) in [7, 11) is 0. The Labute approximate surface area is 139 Å². The van der Waals surface area contributed by atoms with Crippen molar-refractivity contribution in [3.8, 4) is 0 Å². The number of hydrogen-bond donors (Lipinski definition) is 0. The second-order valence-electron chi connectivity index (χ2n) is 4.93. The molecule has 0 aliphatic rings. The molecule has 0 bridgehead atoms. The first kappa shape index (κ1) is 17.2. The van der Waals surface area contributed by atoms with Crippen molar-refractivity contribution < 1.29 is 18.0 Å². The van der Waals surface area contributed by atoms with Gasteiger partial charge in [-0.15, -0.1) is 11.3 Å². The van der Waals surface area contributed by atoms with Gasteiger partial charge in [-0.1, -0.05) is 12.1 Å². The lowest BCUT2D eigenvalue weighted by atomic mass is 10.0. The van der Waals surface area contributed by atoms with E-state index in [1.54, 1.807) is 6.07 Å². The Morgan fingerprint density at radius 1 is 1.05 bits per heavy atom. The van der Waals surface area contributed by atoms with E-state index in [1.165, 1.54) is 23.5 Å². The third-order valence-electron chi connectivity index (χ3n) is 3.25. The molecular weight excluding hydrogens is 377 g/mol. The zero-order valence-electron chi connectivity index (χ0n) is 11.6. The molecule has 0 unspecified atom stereocenters. The fourth-order valence-corrected chi connectivity index (χ4v) is 3.42. The molecule has 0 spiro atoms. The summed E-state index contributed by atoms with van der Waals surface area (Å²) >= 11 is 4.73. The molecule has 22 heavy (non-hydrogen) atoms. The predicted octanol–water partition coefficient (Wildman–Crippen LogP) is 6.13. The van der Waals surface area contributed by atoms with Crippen LogP contribution in [0.1, 0.15) is 40.1 Å². The van der Waals surface area contributed by atoms with E-state index < -0.39 is 11.7 Å². The van der Waals surface area contributed by atoms with Gasteiger partial charge in [0.1, 0.15) is 0 Å². The van der Waals surface area contributed by atoms with Crippen molar-refractivity contribution >= 4 is 33.0 Å². The van der Waals surface area contributed by atoms with E-state index in [-0.39, 0.29) is 5.78 Å². The summed E-state index contributed by atoms with van der Waals surface area (Å²) in [5.41, 5.74) is 0.231. The molecule has 6 heteroatoms. The number of hydrogen-bond acceptors (Lipinski definition) is 2. The molecule has 1 aromatic heterocycles. The summed E-state index contributed by atoms with van der Waals surface area (Å²) in [4.78, 5) is 12.6. The third-order valence-corrected chi connectivity index (χ3v) is 4.91. The molecule has 1 aromatic carbocycles. The summed E-state index contributed by atoms with van der Waals surface area (Å²) in [6.45, 7) is 0. The summed E-state index contributed by atoms with van der Waals surface area (Å²) in [5, 5.41) is 0. The Bertz CT molecular complexity index is 632. The van der Waals surface area contributed by atoms with Crippen LogP contribution in [-0.4, -0.2) is 5.78 Å². The number of carbonyl (C=O) groups excluding carboxylic acids is 1. The van der Waals surface area contributed by atoms with Gasteiger partial charge in [0, 0.05) is 6.42 Å². The van der Waals surface area contributed by atoms with Gasteiger partial charge in [-0.3, -0.25) is 4.79 Å². The topological polar surface area (TPSA) is 17.1 Å². The van der Waals surface area contributed by atoms with Crippen LogP contribution in [0.2, 0.25) is 0 Å². The van der Waals surface area contributed by atoms with Gasteiger partial charge < -0.3 is 0 Å². The Kier molecular flexibility index (Phi) is 5.81. The Morgan fingerprint density at radius 2 is 1.73 bits per heavy atom. The molecule has 1 nitrogen and oxygen atoms in total. The lowest BCUT2D eigenvalue weighted by Gasteiger charge is -2.07. The minimum absolute atomic E-state index is 0.114. The molecule has 118 valence electrons. The SMILES string of the molecule is O=C(CCCCc1ccc(C(F)(F)F)cc1)c1ccc(Br)s1. The van der Waals surface area contributed by atoms with Crippen LogP contribution in [0.3, 0.4) is 0 Å². The highest BCUT2D eigenvalue weighted by Crippen LogP contribution is 2.29. The van der Waals surface area contributed by atoms with Crippen molar-refractivity contribution in [2.24, 2.45) is 0 Å². The van der Waals surface area contributed by atoms with Gasteiger partial charge in [0.05, 0.1) is 14.2 Å². The van der Waals surface area contributed by atoms with Gasteiger partial charge in [0.2, 0.25) is 0 Å². The number of Topliss-reactive ketones (excluding diaryl/α,β-unsaturated/α-hetero) is 1. The summed E-state index contributed by atoms with van der Waals surface area (Å²) in [6, 6.07) is 8.85. The maximum Gasteiger partial charge on any atom is 0.416 e. The number of carbonyl (C=O) groups is 1. The van der Waals surface area contributed by atoms with Crippen LogP contribution in [-0.2, 0) is 12.6 Å². The van der Waals surface area contributed by atoms with Crippen LogP contribution in [0.5, 0.6) is 0 Å². The number of alkyl halides is 3. The van der Waals surface area contributed by atoms with Gasteiger partial charge in [0.25, 0.3) is 0 Å². The average Bonchev–Trinajstić information content (AvgIpc) is 2.89. The molecular formula is C16H14BrF3OS. The number of benzene rings is 1. The van der Waals surface area contributed by atoms with E-state index >= 15 is 0 Å². The molecule has 0 amide bonds. The minimum Gasteiger partial charge on any atom is -0.293 e. The predicted molar refractivity (Wildman–Crippen MR) is 85.3 cm³/mol. The van der Waals surface area contributed by atoms with Crippen molar-refractivity contribution in [2.45, 2.75) is 31.9 Å². The summed E-state index contributed by atoms with van der Waals surface area (Å²) < 4.78 is 38.2. The fraction of sp³-hybridized carbons (Fsp3) is 0.312. The first-order valence-corrected chi connectivity index (χ1v) is 8.42. The van der Waals surface area contributed by atoms with Crippen LogP contribution in [0, 0.1) is 0 Å². The molecule has 0 aliphatic heterocycles. The molecule has 0 saturated carbocycles.